The van der Waals surface area contributed by atoms with Crippen molar-refractivity contribution in [2.24, 2.45) is 5.14 Å². The molecule has 0 saturated carbocycles. The summed E-state index contributed by atoms with van der Waals surface area (Å²) in [6.07, 6.45) is 0. The maximum absolute atomic E-state index is 12.0. The number of nitro benzene ring substituents is 1. The van der Waals surface area contributed by atoms with Gasteiger partial charge in [-0.05, 0) is 18.6 Å². The quantitative estimate of drug-likeness (QED) is 0.518. The van der Waals surface area contributed by atoms with Crippen molar-refractivity contribution in [2.45, 2.75) is 17.9 Å². The van der Waals surface area contributed by atoms with Crippen LogP contribution in [0.2, 0.25) is 0 Å². The number of sulfonamides is 1. The molecule has 10 heteroatoms. The number of nitrogens with zero attached hydrogens (tertiary/aromatic N) is 2. The number of hydrogen-bond donors (Lipinski definition) is 2. The van der Waals surface area contributed by atoms with E-state index in [0.717, 1.165) is 30.3 Å². The number of anilines is 1. The summed E-state index contributed by atoms with van der Waals surface area (Å²) in [7, 11) is -4.13. The van der Waals surface area contributed by atoms with Crippen molar-refractivity contribution in [1.29, 1.82) is 0 Å². The van der Waals surface area contributed by atoms with Gasteiger partial charge >= 0.3 is 0 Å². The molecule has 0 amide bonds. The molecular formula is C19H24N4O5S. The van der Waals surface area contributed by atoms with Crippen molar-refractivity contribution in [2.75, 3.05) is 38.2 Å². The van der Waals surface area contributed by atoms with Crippen LogP contribution in [-0.2, 0) is 14.8 Å². The molecule has 1 unspecified atom stereocenters. The van der Waals surface area contributed by atoms with Crippen LogP contribution in [0.1, 0.15) is 17.2 Å². The van der Waals surface area contributed by atoms with Crippen LogP contribution < -0.4 is 10.5 Å². The van der Waals surface area contributed by atoms with Crippen LogP contribution in [0.4, 0.5) is 11.4 Å². The summed E-state index contributed by atoms with van der Waals surface area (Å²) in [5, 5.41) is 19.4. The van der Waals surface area contributed by atoms with Crippen LogP contribution in [0.15, 0.2) is 47.4 Å². The van der Waals surface area contributed by atoms with E-state index in [-0.39, 0.29) is 22.3 Å². The minimum absolute atomic E-state index is 0.0256. The first-order chi connectivity index (χ1) is 13.8. The first-order valence-corrected chi connectivity index (χ1v) is 10.7. The molecule has 9 nitrogen and oxygen atoms in total. The normalized spacial score (nSPS) is 16.3. The van der Waals surface area contributed by atoms with Crippen LogP contribution in [0.3, 0.4) is 0 Å². The van der Waals surface area contributed by atoms with E-state index in [1.54, 1.807) is 0 Å². The number of non-ortho nitro benzene ring substituents is 1. The van der Waals surface area contributed by atoms with Gasteiger partial charge in [0.25, 0.3) is 5.69 Å². The number of nitrogens with two attached hydrogens (primary N) is 1. The summed E-state index contributed by atoms with van der Waals surface area (Å²) < 4.78 is 29.4. The Kier molecular flexibility index (Phi) is 6.48. The lowest BCUT2D eigenvalue weighted by atomic mass is 10.0. The van der Waals surface area contributed by atoms with E-state index in [4.69, 9.17) is 9.88 Å². The second-order valence-corrected chi connectivity index (χ2v) is 8.47. The molecule has 1 saturated heterocycles. The maximum atomic E-state index is 12.0. The average molecular weight is 420 g/mol. The minimum Gasteiger partial charge on any atom is -0.382 e. The van der Waals surface area contributed by atoms with Gasteiger partial charge in [-0.15, -0.1) is 0 Å². The topological polar surface area (TPSA) is 128 Å². The molecule has 0 bridgehead atoms. The van der Waals surface area contributed by atoms with Crippen molar-refractivity contribution in [3.8, 4) is 0 Å². The summed E-state index contributed by atoms with van der Waals surface area (Å²) >= 11 is 0. The number of benzene rings is 2. The average Bonchev–Trinajstić information content (AvgIpc) is 2.68. The lowest BCUT2D eigenvalue weighted by Crippen LogP contribution is -2.41. The largest absolute Gasteiger partial charge is 0.382 e. The van der Waals surface area contributed by atoms with Crippen molar-refractivity contribution in [1.82, 2.24) is 4.90 Å². The summed E-state index contributed by atoms with van der Waals surface area (Å²) in [5.41, 5.74) is 2.13. The zero-order valence-corrected chi connectivity index (χ0v) is 16.9. The number of ether oxygens (including phenoxy) is 1. The summed E-state index contributed by atoms with van der Waals surface area (Å²) in [6.45, 7) is 5.18. The fraction of sp³-hybridized carbons (Fsp3) is 0.368. The van der Waals surface area contributed by atoms with Crippen molar-refractivity contribution < 1.29 is 18.1 Å². The van der Waals surface area contributed by atoms with Gasteiger partial charge in [0.2, 0.25) is 10.0 Å². The van der Waals surface area contributed by atoms with Crippen LogP contribution in [0.25, 0.3) is 0 Å². The van der Waals surface area contributed by atoms with Crippen LogP contribution in [0.5, 0.6) is 0 Å². The number of primary sulfonamides is 1. The molecule has 1 heterocycles. The number of rotatable bonds is 7. The highest BCUT2D eigenvalue weighted by atomic mass is 32.2. The third-order valence-corrected chi connectivity index (χ3v) is 5.83. The third kappa shape index (κ3) is 5.30. The number of nitrogens with one attached hydrogen (secondary N) is 1. The van der Waals surface area contributed by atoms with E-state index >= 15 is 0 Å². The maximum Gasteiger partial charge on any atom is 0.270 e. The van der Waals surface area contributed by atoms with Crippen molar-refractivity contribution in [3.63, 3.8) is 0 Å². The highest BCUT2D eigenvalue weighted by molar-refractivity contribution is 7.89. The molecule has 0 aliphatic carbocycles. The smallest absolute Gasteiger partial charge is 0.270 e. The van der Waals surface area contributed by atoms with Gasteiger partial charge in [-0.3, -0.25) is 15.0 Å². The molecule has 1 fully saturated rings. The number of nitro groups is 1. The lowest BCUT2D eigenvalue weighted by Gasteiger charge is -2.35. The Bertz CT molecular complexity index is 990. The fourth-order valence-corrected chi connectivity index (χ4v) is 4.17. The molecule has 156 valence electrons. The second kappa shape index (κ2) is 8.87. The van der Waals surface area contributed by atoms with Crippen molar-refractivity contribution in [3.05, 3.63) is 63.7 Å². The summed E-state index contributed by atoms with van der Waals surface area (Å²) in [6, 6.07) is 11.7. The Hall–Kier alpha value is -2.53. The first-order valence-electron chi connectivity index (χ1n) is 9.19. The van der Waals surface area contributed by atoms with Gasteiger partial charge in [0, 0.05) is 31.8 Å². The minimum atomic E-state index is -4.13. The predicted octanol–water partition coefficient (Wildman–Crippen LogP) is 2.04. The van der Waals surface area contributed by atoms with E-state index in [1.165, 1.54) is 12.1 Å². The Morgan fingerprint density at radius 2 is 1.97 bits per heavy atom. The summed E-state index contributed by atoms with van der Waals surface area (Å²) in [4.78, 5) is 12.3. The van der Waals surface area contributed by atoms with Gasteiger partial charge in [-0.2, -0.15) is 0 Å². The van der Waals surface area contributed by atoms with Crippen LogP contribution >= 0.6 is 0 Å². The molecule has 0 aromatic heterocycles. The second-order valence-electron chi connectivity index (χ2n) is 6.94. The molecule has 29 heavy (non-hydrogen) atoms. The monoisotopic (exact) mass is 420 g/mol. The van der Waals surface area contributed by atoms with E-state index in [9.17, 15) is 18.5 Å². The Morgan fingerprint density at radius 3 is 2.59 bits per heavy atom. The fourth-order valence-electron chi connectivity index (χ4n) is 3.44. The molecular weight excluding hydrogens is 396 g/mol. The molecule has 1 aliphatic rings. The highest BCUT2D eigenvalue weighted by Gasteiger charge is 2.24. The molecule has 3 rings (SSSR count). The molecule has 0 spiro atoms. The zero-order valence-electron chi connectivity index (χ0n) is 16.1. The van der Waals surface area contributed by atoms with Gasteiger partial charge in [0.05, 0.1) is 29.9 Å². The van der Waals surface area contributed by atoms with Gasteiger partial charge in [-0.25, -0.2) is 13.6 Å². The first kappa shape index (κ1) is 21.2. The Balaban J connectivity index is 1.90. The lowest BCUT2D eigenvalue weighted by molar-refractivity contribution is -0.385. The number of aryl methyl sites for hydroxylation is 1. The Morgan fingerprint density at radius 1 is 1.24 bits per heavy atom. The summed E-state index contributed by atoms with van der Waals surface area (Å²) in [5.74, 6) is 0. The third-order valence-electron chi connectivity index (χ3n) is 4.88. The standard InChI is InChI=1S/C19H24N4O5S/c1-14-3-2-4-15(11-14)18(22-7-9-28-10-8-22)13-21-17-6-5-16(23(24)25)12-19(17)29(20,26)27/h2-6,11-12,18,21H,7-10,13H2,1H3,(H2,20,26,27). The molecule has 2 aromatic rings. The van der Waals surface area contributed by atoms with Gasteiger partial charge in [0.15, 0.2) is 0 Å². The zero-order chi connectivity index (χ0) is 21.0. The highest BCUT2D eigenvalue weighted by Crippen LogP contribution is 2.28. The van der Waals surface area contributed by atoms with Gasteiger partial charge in [-0.1, -0.05) is 29.8 Å². The van der Waals surface area contributed by atoms with E-state index in [0.29, 0.717) is 19.8 Å². The van der Waals surface area contributed by atoms with Crippen LogP contribution in [-0.4, -0.2) is 51.1 Å². The van der Waals surface area contributed by atoms with Gasteiger partial charge < -0.3 is 10.1 Å². The number of morpholine rings is 1. The molecule has 2 aromatic carbocycles. The van der Waals surface area contributed by atoms with Crippen molar-refractivity contribution >= 4 is 21.4 Å². The van der Waals surface area contributed by atoms with E-state index in [2.05, 4.69) is 16.3 Å². The van der Waals surface area contributed by atoms with E-state index in [1.807, 2.05) is 25.1 Å². The SMILES string of the molecule is Cc1cccc(C(CNc2ccc([N+](=O)[O-])cc2S(N)(=O)=O)N2CCOCC2)c1. The van der Waals surface area contributed by atoms with Crippen LogP contribution in [0, 0.1) is 17.0 Å². The molecule has 1 aliphatic heterocycles. The number of hydrogen-bond acceptors (Lipinski definition) is 7. The molecule has 0 radical (unpaired) electrons. The van der Waals surface area contributed by atoms with E-state index < -0.39 is 14.9 Å². The predicted molar refractivity (Wildman–Crippen MR) is 109 cm³/mol. The van der Waals surface area contributed by atoms with Gasteiger partial charge in [0.1, 0.15) is 4.90 Å². The Labute approximate surface area is 169 Å². The molecule has 3 N–H and O–H groups in total. The molecule has 1 atom stereocenters.